The van der Waals surface area contributed by atoms with Crippen molar-refractivity contribution in [1.29, 1.82) is 0 Å². The normalized spacial score (nSPS) is 11.8. The molecule has 0 radical (unpaired) electrons. The first kappa shape index (κ1) is 13.4. The molecule has 1 aromatic rings. The smallest absolute Gasteiger partial charge is 0.0897 e. The van der Waals surface area contributed by atoms with E-state index in [0.29, 0.717) is 0 Å². The van der Waals surface area contributed by atoms with Gasteiger partial charge in [0.1, 0.15) is 0 Å². The standard InChI is InChI=1S/C13H22N2S/c1-11(2)9-14-8-6-4-5-7-13-10-16-12(3)15-13/h4-5,10-11,14H,6-9H2,1-3H3. The highest BCUT2D eigenvalue weighted by Crippen LogP contribution is 2.08. The van der Waals surface area contributed by atoms with Gasteiger partial charge in [-0.2, -0.15) is 0 Å². The summed E-state index contributed by atoms with van der Waals surface area (Å²) < 4.78 is 0. The van der Waals surface area contributed by atoms with Crippen molar-refractivity contribution in [2.24, 2.45) is 5.92 Å². The molecule has 1 rings (SSSR count). The zero-order chi connectivity index (χ0) is 11.8. The molecule has 0 aromatic carbocycles. The zero-order valence-electron chi connectivity index (χ0n) is 10.5. The van der Waals surface area contributed by atoms with Crippen LogP contribution in [-0.2, 0) is 6.42 Å². The van der Waals surface area contributed by atoms with Gasteiger partial charge in [-0.1, -0.05) is 26.0 Å². The topological polar surface area (TPSA) is 24.9 Å². The highest BCUT2D eigenvalue weighted by Gasteiger charge is 1.94. The second-order valence-corrected chi connectivity index (χ2v) is 5.48. The Morgan fingerprint density at radius 2 is 2.25 bits per heavy atom. The Hall–Kier alpha value is -0.670. The Labute approximate surface area is 103 Å². The first-order valence-corrected chi connectivity index (χ1v) is 6.83. The predicted octanol–water partition coefficient (Wildman–Crippen LogP) is 3.19. The van der Waals surface area contributed by atoms with Crippen LogP contribution in [0.15, 0.2) is 17.5 Å². The second kappa shape index (κ2) is 7.58. The first-order valence-electron chi connectivity index (χ1n) is 5.95. The maximum Gasteiger partial charge on any atom is 0.0897 e. The van der Waals surface area contributed by atoms with E-state index in [4.69, 9.17) is 0 Å². The van der Waals surface area contributed by atoms with Crippen molar-refractivity contribution in [3.8, 4) is 0 Å². The van der Waals surface area contributed by atoms with Crippen LogP contribution in [0.25, 0.3) is 0 Å². The Bertz CT molecular complexity index is 315. The van der Waals surface area contributed by atoms with Crippen molar-refractivity contribution in [1.82, 2.24) is 10.3 Å². The first-order chi connectivity index (χ1) is 7.68. The molecule has 3 heteroatoms. The van der Waals surface area contributed by atoms with Crippen LogP contribution >= 0.6 is 11.3 Å². The third kappa shape index (κ3) is 6.03. The van der Waals surface area contributed by atoms with Gasteiger partial charge in [0.2, 0.25) is 0 Å². The molecule has 0 aliphatic rings. The molecule has 0 spiro atoms. The molecule has 1 aromatic heterocycles. The van der Waals surface area contributed by atoms with E-state index in [1.165, 1.54) is 5.69 Å². The molecular formula is C13H22N2S. The zero-order valence-corrected chi connectivity index (χ0v) is 11.3. The van der Waals surface area contributed by atoms with Crippen LogP contribution in [0.2, 0.25) is 0 Å². The van der Waals surface area contributed by atoms with E-state index in [2.05, 4.69) is 41.7 Å². The number of aryl methyl sites for hydroxylation is 1. The number of hydrogen-bond donors (Lipinski definition) is 1. The van der Waals surface area contributed by atoms with Gasteiger partial charge in [0, 0.05) is 11.8 Å². The Balaban J connectivity index is 2.05. The maximum atomic E-state index is 4.42. The summed E-state index contributed by atoms with van der Waals surface area (Å²) in [6, 6.07) is 0. The third-order valence-corrected chi connectivity index (χ3v) is 3.02. The van der Waals surface area contributed by atoms with E-state index in [1.54, 1.807) is 11.3 Å². The van der Waals surface area contributed by atoms with Crippen LogP contribution in [0.4, 0.5) is 0 Å². The highest BCUT2D eigenvalue weighted by atomic mass is 32.1. The fourth-order valence-electron chi connectivity index (χ4n) is 1.40. The summed E-state index contributed by atoms with van der Waals surface area (Å²) in [6.45, 7) is 8.69. The fourth-order valence-corrected chi connectivity index (χ4v) is 2.03. The van der Waals surface area contributed by atoms with Crippen molar-refractivity contribution in [3.05, 3.63) is 28.2 Å². The lowest BCUT2D eigenvalue weighted by Gasteiger charge is -2.04. The highest BCUT2D eigenvalue weighted by molar-refractivity contribution is 7.09. The monoisotopic (exact) mass is 238 g/mol. The predicted molar refractivity (Wildman–Crippen MR) is 72.0 cm³/mol. The van der Waals surface area contributed by atoms with Gasteiger partial charge in [-0.05, 0) is 32.4 Å². The molecule has 0 fully saturated rings. The molecule has 0 unspecified atom stereocenters. The molecule has 1 heterocycles. The van der Waals surface area contributed by atoms with Gasteiger partial charge in [0.15, 0.2) is 0 Å². The lowest BCUT2D eigenvalue weighted by Crippen LogP contribution is -2.20. The molecule has 0 atom stereocenters. The summed E-state index contributed by atoms with van der Waals surface area (Å²) >= 11 is 1.72. The minimum atomic E-state index is 0.738. The van der Waals surface area contributed by atoms with E-state index in [0.717, 1.165) is 36.9 Å². The number of thiazole rings is 1. The number of nitrogens with one attached hydrogen (secondary N) is 1. The van der Waals surface area contributed by atoms with Crippen LogP contribution in [0.3, 0.4) is 0 Å². The van der Waals surface area contributed by atoms with E-state index in [9.17, 15) is 0 Å². The molecule has 1 N–H and O–H groups in total. The van der Waals surface area contributed by atoms with E-state index < -0.39 is 0 Å². The van der Waals surface area contributed by atoms with Crippen LogP contribution in [0, 0.1) is 12.8 Å². The summed E-state index contributed by atoms with van der Waals surface area (Å²) in [6.07, 6.45) is 6.53. The lowest BCUT2D eigenvalue weighted by molar-refractivity contribution is 0.556. The quantitative estimate of drug-likeness (QED) is 0.583. The number of hydrogen-bond acceptors (Lipinski definition) is 3. The summed E-state index contributed by atoms with van der Waals surface area (Å²) in [5, 5.41) is 6.71. The Morgan fingerprint density at radius 3 is 2.88 bits per heavy atom. The minimum absolute atomic E-state index is 0.738. The molecule has 2 nitrogen and oxygen atoms in total. The van der Waals surface area contributed by atoms with Gasteiger partial charge < -0.3 is 5.32 Å². The average molecular weight is 238 g/mol. The van der Waals surface area contributed by atoms with E-state index >= 15 is 0 Å². The largest absolute Gasteiger partial charge is 0.316 e. The van der Waals surface area contributed by atoms with E-state index in [-0.39, 0.29) is 0 Å². The number of nitrogens with zero attached hydrogens (tertiary/aromatic N) is 1. The molecule has 16 heavy (non-hydrogen) atoms. The maximum absolute atomic E-state index is 4.42. The number of allylic oxidation sites excluding steroid dienone is 1. The van der Waals surface area contributed by atoms with Crippen LogP contribution in [0.5, 0.6) is 0 Å². The van der Waals surface area contributed by atoms with Crippen molar-refractivity contribution in [3.63, 3.8) is 0 Å². The number of rotatable bonds is 7. The number of aromatic nitrogens is 1. The summed E-state index contributed by atoms with van der Waals surface area (Å²) in [4.78, 5) is 4.42. The molecule has 90 valence electrons. The molecular weight excluding hydrogens is 216 g/mol. The molecule has 0 amide bonds. The van der Waals surface area contributed by atoms with Crippen molar-refractivity contribution in [2.45, 2.75) is 33.6 Å². The van der Waals surface area contributed by atoms with Gasteiger partial charge in [0.25, 0.3) is 0 Å². The second-order valence-electron chi connectivity index (χ2n) is 4.42. The van der Waals surface area contributed by atoms with Crippen molar-refractivity contribution in [2.75, 3.05) is 13.1 Å². The van der Waals surface area contributed by atoms with Gasteiger partial charge in [-0.15, -0.1) is 11.3 Å². The van der Waals surface area contributed by atoms with Crippen LogP contribution in [0.1, 0.15) is 31.0 Å². The summed E-state index contributed by atoms with van der Waals surface area (Å²) in [5.41, 5.74) is 1.19. The molecule has 0 aliphatic heterocycles. The SMILES string of the molecule is Cc1nc(CC=CCCNCC(C)C)cs1. The molecule has 0 saturated carbocycles. The van der Waals surface area contributed by atoms with E-state index in [1.807, 2.05) is 6.92 Å². The van der Waals surface area contributed by atoms with Crippen LogP contribution < -0.4 is 5.32 Å². The Kier molecular flexibility index (Phi) is 6.34. The Morgan fingerprint density at radius 1 is 1.44 bits per heavy atom. The third-order valence-electron chi connectivity index (χ3n) is 2.20. The van der Waals surface area contributed by atoms with Crippen molar-refractivity contribution >= 4 is 11.3 Å². The van der Waals surface area contributed by atoms with Crippen LogP contribution in [-0.4, -0.2) is 18.1 Å². The lowest BCUT2D eigenvalue weighted by atomic mass is 10.2. The summed E-state index contributed by atoms with van der Waals surface area (Å²) in [5.74, 6) is 0.738. The molecule has 0 bridgehead atoms. The average Bonchev–Trinajstić information content (AvgIpc) is 2.62. The fraction of sp³-hybridized carbons (Fsp3) is 0.615. The van der Waals surface area contributed by atoms with Crippen molar-refractivity contribution < 1.29 is 0 Å². The molecule has 0 aliphatic carbocycles. The van der Waals surface area contributed by atoms with Gasteiger partial charge in [0.05, 0.1) is 10.7 Å². The van der Waals surface area contributed by atoms with Gasteiger partial charge >= 0.3 is 0 Å². The van der Waals surface area contributed by atoms with Gasteiger partial charge in [-0.25, -0.2) is 4.98 Å². The van der Waals surface area contributed by atoms with Gasteiger partial charge in [-0.3, -0.25) is 0 Å². The minimum Gasteiger partial charge on any atom is -0.316 e. The summed E-state index contributed by atoms with van der Waals surface area (Å²) in [7, 11) is 0. The molecule has 0 saturated heterocycles.